The van der Waals surface area contributed by atoms with Crippen LogP contribution in [0, 0.1) is 0 Å². The van der Waals surface area contributed by atoms with Gasteiger partial charge >= 0.3 is 0 Å². The lowest BCUT2D eigenvalue weighted by Crippen LogP contribution is -2.40. The van der Waals surface area contributed by atoms with Crippen LogP contribution in [0.25, 0.3) is 0 Å². The van der Waals surface area contributed by atoms with E-state index in [0.717, 1.165) is 19.4 Å². The molecule has 96 valence electrons. The molecule has 0 saturated carbocycles. The summed E-state index contributed by atoms with van der Waals surface area (Å²) < 4.78 is 0. The summed E-state index contributed by atoms with van der Waals surface area (Å²) in [6, 6.07) is 0.551. The van der Waals surface area contributed by atoms with Gasteiger partial charge in [0, 0.05) is 6.04 Å². The number of nitrogens with one attached hydrogen (secondary N) is 1. The van der Waals surface area contributed by atoms with Crippen LogP contribution in [0.15, 0.2) is 0 Å². The van der Waals surface area contributed by atoms with Gasteiger partial charge in [-0.2, -0.15) is 0 Å². The molecule has 1 saturated heterocycles. The lowest BCUT2D eigenvalue weighted by Gasteiger charge is -2.31. The molecule has 0 spiro atoms. The predicted molar refractivity (Wildman–Crippen MR) is 69.6 cm³/mol. The summed E-state index contributed by atoms with van der Waals surface area (Å²) in [7, 11) is 0. The van der Waals surface area contributed by atoms with Crippen molar-refractivity contribution in [1.29, 1.82) is 0 Å². The molecule has 2 atom stereocenters. The normalized spacial score (nSPS) is 25.3. The van der Waals surface area contributed by atoms with Gasteiger partial charge in [-0.25, -0.2) is 0 Å². The third-order valence-corrected chi connectivity index (χ3v) is 3.67. The van der Waals surface area contributed by atoms with Crippen LogP contribution in [0.5, 0.6) is 0 Å². The molecule has 2 unspecified atom stereocenters. The van der Waals surface area contributed by atoms with Gasteiger partial charge in [0.2, 0.25) is 0 Å². The van der Waals surface area contributed by atoms with Crippen molar-refractivity contribution in [2.24, 2.45) is 0 Å². The fourth-order valence-electron chi connectivity index (χ4n) is 2.66. The molecule has 1 aliphatic heterocycles. The van der Waals surface area contributed by atoms with Crippen LogP contribution in [0.4, 0.5) is 0 Å². The van der Waals surface area contributed by atoms with Crippen molar-refractivity contribution >= 4 is 0 Å². The Balaban J connectivity index is 2.16. The Kier molecular flexibility index (Phi) is 6.37. The second-order valence-electron chi connectivity index (χ2n) is 5.66. The summed E-state index contributed by atoms with van der Waals surface area (Å²) in [6.45, 7) is 5.37. The van der Waals surface area contributed by atoms with Gasteiger partial charge in [-0.3, -0.25) is 0 Å². The highest BCUT2D eigenvalue weighted by molar-refractivity contribution is 4.82. The maximum atomic E-state index is 10.3. The van der Waals surface area contributed by atoms with Crippen LogP contribution in [-0.4, -0.2) is 23.3 Å². The topological polar surface area (TPSA) is 32.3 Å². The SMILES string of the molecule is CCCCCCC(C)(O)CC1CCCCN1. The van der Waals surface area contributed by atoms with E-state index in [1.165, 1.54) is 44.9 Å². The van der Waals surface area contributed by atoms with Gasteiger partial charge in [0.1, 0.15) is 0 Å². The molecule has 2 N–H and O–H groups in total. The number of hydrogen-bond donors (Lipinski definition) is 2. The smallest absolute Gasteiger partial charge is 0.0634 e. The molecule has 2 heteroatoms. The number of piperidine rings is 1. The maximum absolute atomic E-state index is 10.3. The number of rotatable bonds is 7. The van der Waals surface area contributed by atoms with Crippen LogP contribution in [0.2, 0.25) is 0 Å². The maximum Gasteiger partial charge on any atom is 0.0634 e. The Morgan fingerprint density at radius 3 is 2.69 bits per heavy atom. The number of unbranched alkanes of at least 4 members (excludes halogenated alkanes) is 3. The van der Waals surface area contributed by atoms with Gasteiger partial charge in [0.25, 0.3) is 0 Å². The summed E-state index contributed by atoms with van der Waals surface area (Å²) in [6.07, 6.45) is 10.8. The average Bonchev–Trinajstić information content (AvgIpc) is 2.25. The summed E-state index contributed by atoms with van der Waals surface area (Å²) in [5, 5.41) is 13.8. The number of aliphatic hydroxyl groups is 1. The Labute approximate surface area is 101 Å². The standard InChI is InChI=1S/C14H29NO/c1-3-4-5-7-10-14(2,16)12-13-9-6-8-11-15-13/h13,15-16H,3-12H2,1-2H3. The summed E-state index contributed by atoms with van der Waals surface area (Å²) in [4.78, 5) is 0. The predicted octanol–water partition coefficient (Wildman–Crippen LogP) is 3.24. The fourth-order valence-corrected chi connectivity index (χ4v) is 2.66. The second kappa shape index (κ2) is 7.29. The van der Waals surface area contributed by atoms with Gasteiger partial charge in [0.15, 0.2) is 0 Å². The molecule has 0 radical (unpaired) electrons. The Hall–Kier alpha value is -0.0800. The van der Waals surface area contributed by atoms with Crippen molar-refractivity contribution in [2.45, 2.75) is 83.3 Å². The minimum Gasteiger partial charge on any atom is -0.390 e. The molecule has 0 aromatic rings. The first-order chi connectivity index (χ1) is 7.64. The van der Waals surface area contributed by atoms with Gasteiger partial charge in [0.05, 0.1) is 5.60 Å². The lowest BCUT2D eigenvalue weighted by atomic mass is 9.88. The summed E-state index contributed by atoms with van der Waals surface area (Å²) in [5.41, 5.74) is -0.456. The van der Waals surface area contributed by atoms with E-state index in [9.17, 15) is 5.11 Å². The molecule has 0 aromatic carbocycles. The molecule has 0 aromatic heterocycles. The van der Waals surface area contributed by atoms with Crippen molar-refractivity contribution in [2.75, 3.05) is 6.54 Å². The van der Waals surface area contributed by atoms with Crippen LogP contribution < -0.4 is 5.32 Å². The van der Waals surface area contributed by atoms with Crippen molar-refractivity contribution < 1.29 is 5.11 Å². The molecule has 0 aliphatic carbocycles. The van der Waals surface area contributed by atoms with E-state index >= 15 is 0 Å². The van der Waals surface area contributed by atoms with Gasteiger partial charge in [-0.05, 0) is 39.2 Å². The highest BCUT2D eigenvalue weighted by Gasteiger charge is 2.25. The molecule has 0 bridgehead atoms. The van der Waals surface area contributed by atoms with Crippen LogP contribution in [0.1, 0.15) is 71.6 Å². The highest BCUT2D eigenvalue weighted by atomic mass is 16.3. The first-order valence-corrected chi connectivity index (χ1v) is 7.10. The molecule has 16 heavy (non-hydrogen) atoms. The molecule has 1 aliphatic rings. The van der Waals surface area contributed by atoms with Gasteiger partial charge in [-0.15, -0.1) is 0 Å². The van der Waals surface area contributed by atoms with Crippen molar-refractivity contribution in [3.63, 3.8) is 0 Å². The van der Waals surface area contributed by atoms with Gasteiger partial charge < -0.3 is 10.4 Å². The van der Waals surface area contributed by atoms with Crippen molar-refractivity contribution in [1.82, 2.24) is 5.32 Å². The monoisotopic (exact) mass is 227 g/mol. The van der Waals surface area contributed by atoms with Crippen LogP contribution >= 0.6 is 0 Å². The largest absolute Gasteiger partial charge is 0.390 e. The van der Waals surface area contributed by atoms with E-state index < -0.39 is 5.60 Å². The molecule has 2 nitrogen and oxygen atoms in total. The summed E-state index contributed by atoms with van der Waals surface area (Å²) >= 11 is 0. The molecular formula is C14H29NO. The molecular weight excluding hydrogens is 198 g/mol. The van der Waals surface area contributed by atoms with E-state index in [1.54, 1.807) is 0 Å². The van der Waals surface area contributed by atoms with Gasteiger partial charge in [-0.1, -0.05) is 39.0 Å². The lowest BCUT2D eigenvalue weighted by molar-refractivity contribution is 0.0261. The molecule has 1 heterocycles. The molecule has 1 fully saturated rings. The van der Waals surface area contributed by atoms with Crippen molar-refractivity contribution in [3.8, 4) is 0 Å². The zero-order valence-electron chi connectivity index (χ0n) is 11.1. The fraction of sp³-hybridized carbons (Fsp3) is 1.00. The Morgan fingerprint density at radius 2 is 2.06 bits per heavy atom. The summed E-state index contributed by atoms with van der Waals surface area (Å²) in [5.74, 6) is 0. The van der Waals surface area contributed by atoms with E-state index in [-0.39, 0.29) is 0 Å². The zero-order valence-corrected chi connectivity index (χ0v) is 11.1. The Morgan fingerprint density at radius 1 is 1.25 bits per heavy atom. The highest BCUT2D eigenvalue weighted by Crippen LogP contribution is 2.23. The minimum atomic E-state index is -0.456. The minimum absolute atomic E-state index is 0.456. The third kappa shape index (κ3) is 5.86. The third-order valence-electron chi connectivity index (χ3n) is 3.67. The van der Waals surface area contributed by atoms with Crippen molar-refractivity contribution in [3.05, 3.63) is 0 Å². The van der Waals surface area contributed by atoms with Crippen LogP contribution in [0.3, 0.4) is 0 Å². The number of hydrogen-bond acceptors (Lipinski definition) is 2. The van der Waals surface area contributed by atoms with E-state index in [4.69, 9.17) is 0 Å². The van der Waals surface area contributed by atoms with Crippen LogP contribution in [-0.2, 0) is 0 Å². The molecule has 1 rings (SSSR count). The molecule has 0 amide bonds. The zero-order chi connectivity index (χ0) is 11.9. The van der Waals surface area contributed by atoms with E-state index in [1.807, 2.05) is 6.92 Å². The first-order valence-electron chi connectivity index (χ1n) is 7.10. The second-order valence-corrected chi connectivity index (χ2v) is 5.66. The quantitative estimate of drug-likeness (QED) is 0.654. The van der Waals surface area contributed by atoms with E-state index in [2.05, 4.69) is 12.2 Å². The first kappa shape index (κ1) is 14.0. The van der Waals surface area contributed by atoms with E-state index in [0.29, 0.717) is 6.04 Å². The average molecular weight is 227 g/mol. The Bertz CT molecular complexity index is 174.